The lowest BCUT2D eigenvalue weighted by Gasteiger charge is -2.14. The Morgan fingerprint density at radius 2 is 2.06 bits per heavy atom. The monoisotopic (exact) mass is 329 g/mol. The second-order valence-electron chi connectivity index (χ2n) is 4.04. The fourth-order valence-electron chi connectivity index (χ4n) is 1.75. The van der Waals surface area contributed by atoms with Gasteiger partial charge in [0.05, 0.1) is 9.83 Å². The van der Waals surface area contributed by atoms with Crippen molar-refractivity contribution in [1.82, 2.24) is 0 Å². The number of aryl methyl sites for hydroxylation is 1. The van der Waals surface area contributed by atoms with Gasteiger partial charge < -0.3 is 5.73 Å². The third kappa shape index (κ3) is 2.58. The van der Waals surface area contributed by atoms with Crippen LogP contribution in [-0.2, 0) is 0 Å². The minimum atomic E-state index is -0.108. The van der Waals surface area contributed by atoms with Crippen molar-refractivity contribution in [3.63, 3.8) is 0 Å². The first-order valence-corrected chi connectivity index (χ1v) is 7.26. The maximum atomic E-state index is 6.30. The van der Waals surface area contributed by atoms with Gasteiger partial charge in [-0.1, -0.05) is 23.7 Å². The first-order valence-electron chi connectivity index (χ1n) is 5.27. The van der Waals surface area contributed by atoms with Crippen LogP contribution in [-0.4, -0.2) is 0 Å². The summed E-state index contributed by atoms with van der Waals surface area (Å²) in [6.07, 6.45) is 0. The third-order valence-electron chi connectivity index (χ3n) is 2.83. The van der Waals surface area contributed by atoms with Crippen LogP contribution >= 0.6 is 38.9 Å². The van der Waals surface area contributed by atoms with E-state index in [0.717, 1.165) is 24.8 Å². The van der Waals surface area contributed by atoms with Crippen molar-refractivity contribution < 1.29 is 0 Å². The molecule has 1 unspecified atom stereocenters. The average Bonchev–Trinajstić information content (AvgIpc) is 2.62. The highest BCUT2D eigenvalue weighted by Gasteiger charge is 2.15. The Morgan fingerprint density at radius 3 is 2.65 bits per heavy atom. The molecule has 0 saturated heterocycles. The van der Waals surface area contributed by atoms with Gasteiger partial charge in [-0.3, -0.25) is 0 Å². The van der Waals surface area contributed by atoms with Crippen molar-refractivity contribution in [3.8, 4) is 0 Å². The summed E-state index contributed by atoms with van der Waals surface area (Å²) in [5.74, 6) is 0. The molecule has 17 heavy (non-hydrogen) atoms. The number of benzene rings is 1. The zero-order valence-electron chi connectivity index (χ0n) is 9.63. The van der Waals surface area contributed by atoms with E-state index in [1.54, 1.807) is 11.3 Å². The predicted molar refractivity (Wildman–Crippen MR) is 79.0 cm³/mol. The van der Waals surface area contributed by atoms with Gasteiger partial charge in [-0.05, 0) is 58.6 Å². The second-order valence-corrected chi connectivity index (χ2v) is 6.85. The maximum Gasteiger partial charge on any atom is 0.0731 e. The highest BCUT2D eigenvalue weighted by Crippen LogP contribution is 2.35. The Hall–Kier alpha value is -0.350. The molecule has 4 heteroatoms. The van der Waals surface area contributed by atoms with Crippen molar-refractivity contribution >= 4 is 38.9 Å². The fourth-order valence-corrected chi connectivity index (χ4v) is 3.52. The molecule has 2 rings (SSSR count). The van der Waals surface area contributed by atoms with E-state index < -0.39 is 0 Å². The molecular formula is C13H13BrClNS. The quantitative estimate of drug-likeness (QED) is 0.838. The Kier molecular flexibility index (Phi) is 3.93. The van der Waals surface area contributed by atoms with Gasteiger partial charge in [-0.15, -0.1) is 11.3 Å². The molecule has 1 atom stereocenters. The molecule has 0 aliphatic carbocycles. The molecule has 1 nitrogen and oxygen atoms in total. The van der Waals surface area contributed by atoms with Crippen LogP contribution in [0, 0.1) is 13.8 Å². The minimum Gasteiger partial charge on any atom is -0.320 e. The topological polar surface area (TPSA) is 26.0 Å². The van der Waals surface area contributed by atoms with Gasteiger partial charge in [0.15, 0.2) is 0 Å². The van der Waals surface area contributed by atoms with Crippen LogP contribution in [0.2, 0.25) is 5.02 Å². The van der Waals surface area contributed by atoms with Crippen molar-refractivity contribution in [3.05, 3.63) is 54.6 Å². The molecule has 0 aliphatic heterocycles. The zero-order chi connectivity index (χ0) is 12.6. The Bertz CT molecular complexity index is 531. The maximum absolute atomic E-state index is 6.30. The first kappa shape index (κ1) is 13.1. The highest BCUT2D eigenvalue weighted by atomic mass is 79.9. The molecule has 90 valence electrons. The molecule has 0 fully saturated rings. The smallest absolute Gasteiger partial charge is 0.0731 e. The molecule has 0 amide bonds. The van der Waals surface area contributed by atoms with Crippen molar-refractivity contribution in [2.45, 2.75) is 19.9 Å². The van der Waals surface area contributed by atoms with Crippen LogP contribution in [0.15, 0.2) is 28.1 Å². The molecular weight excluding hydrogens is 318 g/mol. The third-order valence-corrected chi connectivity index (χ3v) is 5.46. The van der Waals surface area contributed by atoms with Crippen molar-refractivity contribution in [2.24, 2.45) is 5.73 Å². The number of thiophene rings is 1. The number of halogens is 2. The normalized spacial score (nSPS) is 12.8. The molecule has 0 radical (unpaired) electrons. The number of nitrogens with two attached hydrogens (primary N) is 1. The predicted octanol–water partition coefficient (Wildman–Crippen LogP) is 4.83. The van der Waals surface area contributed by atoms with E-state index in [0.29, 0.717) is 0 Å². The average molecular weight is 331 g/mol. The van der Waals surface area contributed by atoms with Crippen LogP contribution < -0.4 is 5.73 Å². The van der Waals surface area contributed by atoms with E-state index in [9.17, 15) is 0 Å². The zero-order valence-corrected chi connectivity index (χ0v) is 12.8. The van der Waals surface area contributed by atoms with E-state index in [1.807, 2.05) is 25.1 Å². The molecule has 0 spiro atoms. The molecule has 2 aromatic rings. The fraction of sp³-hybridized carbons (Fsp3) is 0.231. The molecule has 1 aromatic heterocycles. The number of hydrogen-bond donors (Lipinski definition) is 1. The molecule has 1 aromatic carbocycles. The van der Waals surface area contributed by atoms with Crippen molar-refractivity contribution in [2.75, 3.05) is 0 Å². The van der Waals surface area contributed by atoms with E-state index in [-0.39, 0.29) is 6.04 Å². The van der Waals surface area contributed by atoms with Gasteiger partial charge in [0.1, 0.15) is 0 Å². The Labute approximate surface area is 119 Å². The summed E-state index contributed by atoms with van der Waals surface area (Å²) >= 11 is 11.3. The Balaban J connectivity index is 2.43. The van der Waals surface area contributed by atoms with Crippen LogP contribution in [0.4, 0.5) is 0 Å². The van der Waals surface area contributed by atoms with Crippen LogP contribution in [0.1, 0.15) is 27.6 Å². The lowest BCUT2D eigenvalue weighted by Crippen LogP contribution is -2.11. The Morgan fingerprint density at radius 1 is 1.35 bits per heavy atom. The summed E-state index contributed by atoms with van der Waals surface area (Å²) in [6, 6.07) is 7.89. The largest absolute Gasteiger partial charge is 0.320 e. The van der Waals surface area contributed by atoms with E-state index in [1.165, 1.54) is 5.56 Å². The summed E-state index contributed by atoms with van der Waals surface area (Å²) in [5.41, 5.74) is 9.67. The molecule has 0 saturated carbocycles. The summed E-state index contributed by atoms with van der Waals surface area (Å²) in [4.78, 5) is 1.15. The van der Waals surface area contributed by atoms with E-state index >= 15 is 0 Å². The SMILES string of the molecule is Cc1cc(C(N)c2cccc(Cl)c2C)sc1Br. The molecule has 0 aliphatic rings. The summed E-state index contributed by atoms with van der Waals surface area (Å²) in [6.45, 7) is 4.08. The second kappa shape index (κ2) is 5.11. The lowest BCUT2D eigenvalue weighted by molar-refractivity contribution is 0.882. The molecule has 1 heterocycles. The van der Waals surface area contributed by atoms with E-state index in [4.69, 9.17) is 17.3 Å². The molecule has 2 N–H and O–H groups in total. The van der Waals surface area contributed by atoms with Gasteiger partial charge in [0, 0.05) is 9.90 Å². The van der Waals surface area contributed by atoms with Gasteiger partial charge in [-0.2, -0.15) is 0 Å². The summed E-state index contributed by atoms with van der Waals surface area (Å²) < 4.78 is 1.14. The van der Waals surface area contributed by atoms with Gasteiger partial charge in [0.25, 0.3) is 0 Å². The number of rotatable bonds is 2. The van der Waals surface area contributed by atoms with Crippen molar-refractivity contribution in [1.29, 1.82) is 0 Å². The summed E-state index contributed by atoms with van der Waals surface area (Å²) in [7, 11) is 0. The highest BCUT2D eigenvalue weighted by molar-refractivity contribution is 9.11. The lowest BCUT2D eigenvalue weighted by atomic mass is 10.0. The minimum absolute atomic E-state index is 0.108. The van der Waals surface area contributed by atoms with Crippen LogP contribution in [0.5, 0.6) is 0 Å². The van der Waals surface area contributed by atoms with Gasteiger partial charge >= 0.3 is 0 Å². The standard InChI is InChI=1S/C13H13BrClNS/c1-7-6-11(17-13(7)14)12(16)9-4-3-5-10(15)8(9)2/h3-6,12H,16H2,1-2H3. The van der Waals surface area contributed by atoms with E-state index in [2.05, 4.69) is 28.9 Å². The van der Waals surface area contributed by atoms with Crippen LogP contribution in [0.3, 0.4) is 0 Å². The summed E-state index contributed by atoms with van der Waals surface area (Å²) in [5, 5.41) is 0.769. The number of hydrogen-bond acceptors (Lipinski definition) is 2. The first-order chi connectivity index (χ1) is 8.00. The molecule has 0 bridgehead atoms. The van der Waals surface area contributed by atoms with Gasteiger partial charge in [0.2, 0.25) is 0 Å². The van der Waals surface area contributed by atoms with Crippen LogP contribution in [0.25, 0.3) is 0 Å². The van der Waals surface area contributed by atoms with Gasteiger partial charge in [-0.25, -0.2) is 0 Å².